The lowest BCUT2D eigenvalue weighted by Crippen LogP contribution is -2.69. The maximum absolute atomic E-state index is 5.69. The van der Waals surface area contributed by atoms with Crippen LogP contribution in [0.2, 0.25) is 0 Å². The van der Waals surface area contributed by atoms with Gasteiger partial charge in [0.15, 0.2) is 0 Å². The molecule has 0 amide bonds. The van der Waals surface area contributed by atoms with Crippen LogP contribution in [0.25, 0.3) is 0 Å². The fourth-order valence-corrected chi connectivity index (χ4v) is 2.85. The van der Waals surface area contributed by atoms with Crippen molar-refractivity contribution in [3.05, 3.63) is 0 Å². The van der Waals surface area contributed by atoms with E-state index in [0.29, 0.717) is 18.2 Å². The molecule has 2 aliphatic heterocycles. The maximum atomic E-state index is 5.69. The molecule has 0 aromatic heterocycles. The molecular weight excluding hydrogens is 202 g/mol. The first-order valence-electron chi connectivity index (χ1n) is 6.59. The summed E-state index contributed by atoms with van der Waals surface area (Å²) in [5.74, 6) is 0. The molecule has 0 saturated carbocycles. The van der Waals surface area contributed by atoms with E-state index in [1.54, 1.807) is 0 Å². The van der Waals surface area contributed by atoms with E-state index in [1.165, 1.54) is 6.42 Å². The molecule has 0 aromatic rings. The Hall–Kier alpha value is -0.160. The number of rotatable bonds is 3. The van der Waals surface area contributed by atoms with Gasteiger partial charge in [-0.15, -0.1) is 0 Å². The van der Waals surface area contributed by atoms with Gasteiger partial charge >= 0.3 is 0 Å². The Kier molecular flexibility index (Phi) is 4.19. The number of piperazine rings is 1. The van der Waals surface area contributed by atoms with Crippen molar-refractivity contribution in [2.45, 2.75) is 58.1 Å². The van der Waals surface area contributed by atoms with E-state index in [1.807, 2.05) is 0 Å². The Labute approximate surface area is 98.7 Å². The second-order valence-electron chi connectivity index (χ2n) is 5.03. The number of piperidine rings is 1. The van der Waals surface area contributed by atoms with Crippen LogP contribution >= 0.6 is 0 Å². The lowest BCUT2D eigenvalue weighted by atomic mass is 9.98. The van der Waals surface area contributed by atoms with Crippen LogP contribution < -0.4 is 10.6 Å². The number of hydrogen-bond acceptors (Lipinski definition) is 4. The molecule has 94 valence electrons. The van der Waals surface area contributed by atoms with E-state index >= 15 is 0 Å². The van der Waals surface area contributed by atoms with Crippen molar-refractivity contribution in [1.82, 2.24) is 15.5 Å². The van der Waals surface area contributed by atoms with Crippen molar-refractivity contribution in [3.63, 3.8) is 0 Å². The summed E-state index contributed by atoms with van der Waals surface area (Å²) in [5.41, 5.74) is 0. The minimum absolute atomic E-state index is 0.243. The van der Waals surface area contributed by atoms with E-state index in [2.05, 4.69) is 36.3 Å². The van der Waals surface area contributed by atoms with Crippen LogP contribution in [0.3, 0.4) is 0 Å². The molecule has 2 fully saturated rings. The molecule has 3 unspecified atom stereocenters. The molecule has 2 heterocycles. The zero-order valence-electron chi connectivity index (χ0n) is 10.7. The standard InChI is InChI=1S/C12H25N3O/c1-4-16-11-6-5-10-12(14-11)15(9(2)3)8-7-13-10/h9-14H,4-8H2,1-3H3. The summed E-state index contributed by atoms with van der Waals surface area (Å²) in [6.07, 6.45) is 3.02. The normalized spacial score (nSPS) is 36.4. The first-order valence-corrected chi connectivity index (χ1v) is 6.59. The quantitative estimate of drug-likeness (QED) is 0.746. The predicted octanol–water partition coefficient (Wildman–Crippen LogP) is 0.741. The molecule has 4 heteroatoms. The predicted molar refractivity (Wildman–Crippen MR) is 65.2 cm³/mol. The minimum Gasteiger partial charge on any atom is -0.364 e. The molecule has 2 N–H and O–H groups in total. The van der Waals surface area contributed by atoms with E-state index in [-0.39, 0.29) is 6.23 Å². The fourth-order valence-electron chi connectivity index (χ4n) is 2.85. The van der Waals surface area contributed by atoms with Crippen LogP contribution in [-0.4, -0.2) is 49.1 Å². The zero-order chi connectivity index (χ0) is 11.5. The Morgan fingerprint density at radius 2 is 2.19 bits per heavy atom. The molecule has 0 spiro atoms. The molecule has 0 radical (unpaired) electrons. The molecular formula is C12H25N3O. The van der Waals surface area contributed by atoms with Gasteiger partial charge in [0.05, 0.1) is 6.17 Å². The molecule has 0 bridgehead atoms. The number of fused-ring (bicyclic) bond motifs is 1. The van der Waals surface area contributed by atoms with E-state index in [0.717, 1.165) is 26.1 Å². The highest BCUT2D eigenvalue weighted by molar-refractivity contribution is 4.93. The average molecular weight is 227 g/mol. The number of nitrogens with one attached hydrogen (secondary N) is 2. The highest BCUT2D eigenvalue weighted by Gasteiger charge is 2.37. The van der Waals surface area contributed by atoms with Gasteiger partial charge < -0.3 is 10.1 Å². The highest BCUT2D eigenvalue weighted by atomic mass is 16.5. The summed E-state index contributed by atoms with van der Waals surface area (Å²) in [6.45, 7) is 9.64. The second kappa shape index (κ2) is 5.45. The van der Waals surface area contributed by atoms with Crippen LogP contribution in [0.15, 0.2) is 0 Å². The van der Waals surface area contributed by atoms with Gasteiger partial charge in [0.25, 0.3) is 0 Å². The molecule has 4 nitrogen and oxygen atoms in total. The van der Waals surface area contributed by atoms with Crippen molar-refractivity contribution < 1.29 is 4.74 Å². The minimum atomic E-state index is 0.243. The SMILES string of the molecule is CCOC1CCC2NCCN(C(C)C)C2N1. The van der Waals surface area contributed by atoms with Crippen molar-refractivity contribution in [1.29, 1.82) is 0 Å². The van der Waals surface area contributed by atoms with Crippen LogP contribution in [0, 0.1) is 0 Å². The van der Waals surface area contributed by atoms with Crippen LogP contribution in [-0.2, 0) is 4.74 Å². The maximum Gasteiger partial charge on any atom is 0.109 e. The van der Waals surface area contributed by atoms with Crippen LogP contribution in [0.5, 0.6) is 0 Å². The molecule has 3 atom stereocenters. The fraction of sp³-hybridized carbons (Fsp3) is 1.00. The van der Waals surface area contributed by atoms with Gasteiger partial charge in [0, 0.05) is 31.8 Å². The van der Waals surface area contributed by atoms with Crippen molar-refractivity contribution in [2.24, 2.45) is 0 Å². The molecule has 2 aliphatic rings. The zero-order valence-corrected chi connectivity index (χ0v) is 10.7. The van der Waals surface area contributed by atoms with Gasteiger partial charge in [0.1, 0.15) is 6.23 Å². The van der Waals surface area contributed by atoms with Gasteiger partial charge in [-0.25, -0.2) is 0 Å². The van der Waals surface area contributed by atoms with Gasteiger partial charge in [-0.3, -0.25) is 10.2 Å². The first kappa shape index (κ1) is 12.3. The molecule has 16 heavy (non-hydrogen) atoms. The lowest BCUT2D eigenvalue weighted by molar-refractivity contribution is -0.0537. The Balaban J connectivity index is 1.98. The van der Waals surface area contributed by atoms with Crippen molar-refractivity contribution >= 4 is 0 Å². The Bertz CT molecular complexity index is 222. The Morgan fingerprint density at radius 3 is 2.88 bits per heavy atom. The Morgan fingerprint density at radius 1 is 1.38 bits per heavy atom. The summed E-state index contributed by atoms with van der Waals surface area (Å²) < 4.78 is 5.69. The molecule has 2 rings (SSSR count). The van der Waals surface area contributed by atoms with Crippen LogP contribution in [0.1, 0.15) is 33.6 Å². The highest BCUT2D eigenvalue weighted by Crippen LogP contribution is 2.21. The summed E-state index contributed by atoms with van der Waals surface area (Å²) in [6, 6.07) is 1.19. The molecule has 2 saturated heterocycles. The van der Waals surface area contributed by atoms with E-state index in [4.69, 9.17) is 4.74 Å². The summed E-state index contributed by atoms with van der Waals surface area (Å²) >= 11 is 0. The third-order valence-corrected chi connectivity index (χ3v) is 3.64. The summed E-state index contributed by atoms with van der Waals surface area (Å²) in [5, 5.41) is 7.24. The average Bonchev–Trinajstić information content (AvgIpc) is 2.28. The van der Waals surface area contributed by atoms with Crippen LogP contribution in [0.4, 0.5) is 0 Å². The summed E-state index contributed by atoms with van der Waals surface area (Å²) in [7, 11) is 0. The first-order chi connectivity index (χ1) is 7.72. The van der Waals surface area contributed by atoms with Gasteiger partial charge in [0.2, 0.25) is 0 Å². The third kappa shape index (κ3) is 2.56. The molecule has 0 aliphatic carbocycles. The van der Waals surface area contributed by atoms with Gasteiger partial charge in [-0.1, -0.05) is 0 Å². The largest absolute Gasteiger partial charge is 0.364 e. The van der Waals surface area contributed by atoms with Gasteiger partial charge in [-0.2, -0.15) is 0 Å². The lowest BCUT2D eigenvalue weighted by Gasteiger charge is -2.48. The number of ether oxygens (including phenoxy) is 1. The van der Waals surface area contributed by atoms with Crippen molar-refractivity contribution in [2.75, 3.05) is 19.7 Å². The number of hydrogen-bond donors (Lipinski definition) is 2. The molecule has 0 aromatic carbocycles. The van der Waals surface area contributed by atoms with E-state index < -0.39 is 0 Å². The van der Waals surface area contributed by atoms with Gasteiger partial charge in [-0.05, 0) is 33.6 Å². The topological polar surface area (TPSA) is 36.5 Å². The number of nitrogens with zero attached hydrogens (tertiary/aromatic N) is 1. The monoisotopic (exact) mass is 227 g/mol. The smallest absolute Gasteiger partial charge is 0.109 e. The summed E-state index contributed by atoms with van der Waals surface area (Å²) in [4.78, 5) is 2.55. The van der Waals surface area contributed by atoms with E-state index in [9.17, 15) is 0 Å². The third-order valence-electron chi connectivity index (χ3n) is 3.64. The van der Waals surface area contributed by atoms with Crippen molar-refractivity contribution in [3.8, 4) is 0 Å². The second-order valence-corrected chi connectivity index (χ2v) is 5.03.